The Labute approximate surface area is 125 Å². The Morgan fingerprint density at radius 1 is 1.25 bits per heavy atom. The lowest BCUT2D eigenvalue weighted by atomic mass is 10.1. The molecule has 0 amide bonds. The molecule has 0 fully saturated rings. The summed E-state index contributed by atoms with van der Waals surface area (Å²) in [5, 5.41) is 7.11. The second-order valence-corrected chi connectivity index (χ2v) is 4.93. The van der Waals surface area contributed by atoms with E-state index >= 15 is 0 Å². The van der Waals surface area contributed by atoms with Gasteiger partial charge in [0.15, 0.2) is 6.29 Å². The zero-order chi connectivity index (χ0) is 14.5. The first-order valence-electron chi connectivity index (χ1n) is 6.39. The SMILES string of the molecule is CCOC(OCC)c1cc(-c2ccc(F)c(Br)c2)n[nH]1. The van der Waals surface area contributed by atoms with Gasteiger partial charge in [-0.2, -0.15) is 5.10 Å². The molecular weight excluding hydrogens is 327 g/mol. The van der Waals surface area contributed by atoms with Gasteiger partial charge < -0.3 is 9.47 Å². The van der Waals surface area contributed by atoms with Crippen LogP contribution in [0, 0.1) is 5.82 Å². The van der Waals surface area contributed by atoms with Crippen molar-refractivity contribution in [3.63, 3.8) is 0 Å². The maximum atomic E-state index is 13.2. The van der Waals surface area contributed by atoms with Crippen LogP contribution in [-0.2, 0) is 9.47 Å². The van der Waals surface area contributed by atoms with Gasteiger partial charge in [-0.15, -0.1) is 0 Å². The Balaban J connectivity index is 2.24. The second kappa shape index (κ2) is 6.97. The lowest BCUT2D eigenvalue weighted by Crippen LogP contribution is -2.09. The van der Waals surface area contributed by atoms with Crippen molar-refractivity contribution in [3.8, 4) is 11.3 Å². The number of halogens is 2. The molecule has 0 atom stereocenters. The van der Waals surface area contributed by atoms with E-state index < -0.39 is 6.29 Å². The highest BCUT2D eigenvalue weighted by molar-refractivity contribution is 9.10. The van der Waals surface area contributed by atoms with Gasteiger partial charge in [0, 0.05) is 18.8 Å². The average molecular weight is 343 g/mol. The Morgan fingerprint density at radius 2 is 1.95 bits per heavy atom. The summed E-state index contributed by atoms with van der Waals surface area (Å²) in [4.78, 5) is 0. The summed E-state index contributed by atoms with van der Waals surface area (Å²) in [5.41, 5.74) is 2.27. The molecule has 108 valence electrons. The molecule has 0 saturated carbocycles. The van der Waals surface area contributed by atoms with E-state index in [1.54, 1.807) is 12.1 Å². The zero-order valence-corrected chi connectivity index (χ0v) is 12.9. The third-order valence-electron chi connectivity index (χ3n) is 2.70. The minimum atomic E-state index is -0.463. The van der Waals surface area contributed by atoms with E-state index in [1.807, 2.05) is 19.9 Å². The first-order valence-corrected chi connectivity index (χ1v) is 7.19. The number of hydrogen-bond donors (Lipinski definition) is 1. The topological polar surface area (TPSA) is 47.1 Å². The molecule has 6 heteroatoms. The molecule has 0 bridgehead atoms. The van der Waals surface area contributed by atoms with Crippen LogP contribution >= 0.6 is 15.9 Å². The highest BCUT2D eigenvalue weighted by Crippen LogP contribution is 2.26. The number of benzene rings is 1. The van der Waals surface area contributed by atoms with Crippen LogP contribution in [0.15, 0.2) is 28.7 Å². The van der Waals surface area contributed by atoms with Gasteiger partial charge >= 0.3 is 0 Å². The van der Waals surface area contributed by atoms with Crippen molar-refractivity contribution in [2.75, 3.05) is 13.2 Å². The number of nitrogens with one attached hydrogen (secondary N) is 1. The summed E-state index contributed by atoms with van der Waals surface area (Å²) in [6, 6.07) is 6.61. The molecule has 1 heterocycles. The van der Waals surface area contributed by atoms with Crippen molar-refractivity contribution in [3.05, 3.63) is 40.2 Å². The summed E-state index contributed by atoms with van der Waals surface area (Å²) in [7, 11) is 0. The van der Waals surface area contributed by atoms with Crippen molar-refractivity contribution in [1.82, 2.24) is 10.2 Å². The first-order chi connectivity index (χ1) is 9.65. The summed E-state index contributed by atoms with van der Waals surface area (Å²) < 4.78 is 24.6. The predicted molar refractivity (Wildman–Crippen MR) is 77.7 cm³/mol. The Morgan fingerprint density at radius 3 is 2.55 bits per heavy atom. The smallest absolute Gasteiger partial charge is 0.200 e. The van der Waals surface area contributed by atoms with Gasteiger partial charge in [-0.05, 0) is 54.0 Å². The summed E-state index contributed by atoms with van der Waals surface area (Å²) >= 11 is 3.17. The van der Waals surface area contributed by atoms with E-state index in [2.05, 4.69) is 26.1 Å². The molecule has 1 N–H and O–H groups in total. The molecule has 1 aromatic heterocycles. The third kappa shape index (κ3) is 3.45. The molecule has 1 aromatic carbocycles. The van der Waals surface area contributed by atoms with Crippen molar-refractivity contribution >= 4 is 15.9 Å². The van der Waals surface area contributed by atoms with Gasteiger partial charge in [0.25, 0.3) is 0 Å². The highest BCUT2D eigenvalue weighted by Gasteiger charge is 2.15. The monoisotopic (exact) mass is 342 g/mol. The van der Waals surface area contributed by atoms with E-state index in [1.165, 1.54) is 6.07 Å². The lowest BCUT2D eigenvalue weighted by molar-refractivity contribution is -0.142. The van der Waals surface area contributed by atoms with Gasteiger partial charge in [0.2, 0.25) is 0 Å². The molecule has 2 rings (SSSR count). The third-order valence-corrected chi connectivity index (χ3v) is 3.31. The fourth-order valence-corrected chi connectivity index (χ4v) is 2.17. The number of aromatic nitrogens is 2. The molecule has 0 aliphatic carbocycles. The van der Waals surface area contributed by atoms with Crippen LogP contribution in [0.3, 0.4) is 0 Å². The van der Waals surface area contributed by atoms with Crippen molar-refractivity contribution in [1.29, 1.82) is 0 Å². The Hall–Kier alpha value is -1.24. The predicted octanol–water partition coefficient (Wildman–Crippen LogP) is 4.05. The molecule has 4 nitrogen and oxygen atoms in total. The zero-order valence-electron chi connectivity index (χ0n) is 11.3. The fraction of sp³-hybridized carbons (Fsp3) is 0.357. The molecule has 0 aliphatic rings. The van der Waals surface area contributed by atoms with Crippen LogP contribution < -0.4 is 0 Å². The van der Waals surface area contributed by atoms with Gasteiger partial charge in [-0.3, -0.25) is 5.10 Å². The Kier molecular flexibility index (Phi) is 5.28. The van der Waals surface area contributed by atoms with E-state index in [-0.39, 0.29) is 5.82 Å². The molecule has 0 aliphatic heterocycles. The van der Waals surface area contributed by atoms with Gasteiger partial charge in [0.05, 0.1) is 15.9 Å². The van der Waals surface area contributed by atoms with Gasteiger partial charge in [-0.1, -0.05) is 0 Å². The van der Waals surface area contributed by atoms with Crippen molar-refractivity contribution in [2.24, 2.45) is 0 Å². The number of H-pyrrole nitrogens is 1. The number of hydrogen-bond acceptors (Lipinski definition) is 3. The van der Waals surface area contributed by atoms with Crippen LogP contribution in [0.5, 0.6) is 0 Å². The van der Waals surface area contributed by atoms with Crippen LogP contribution in [0.2, 0.25) is 0 Å². The summed E-state index contributed by atoms with van der Waals surface area (Å²) in [6.07, 6.45) is -0.463. The number of ether oxygens (including phenoxy) is 2. The maximum Gasteiger partial charge on any atom is 0.200 e. The highest BCUT2D eigenvalue weighted by atomic mass is 79.9. The molecule has 20 heavy (non-hydrogen) atoms. The molecular formula is C14H16BrFN2O2. The molecule has 0 unspecified atom stereocenters. The van der Waals surface area contributed by atoms with Gasteiger partial charge in [0.1, 0.15) is 5.82 Å². The molecule has 2 aromatic rings. The average Bonchev–Trinajstić information content (AvgIpc) is 2.91. The number of rotatable bonds is 6. The number of nitrogens with zero attached hydrogens (tertiary/aromatic N) is 1. The normalized spacial score (nSPS) is 11.2. The first kappa shape index (κ1) is 15.2. The van der Waals surface area contributed by atoms with E-state index in [0.29, 0.717) is 23.4 Å². The number of aromatic amines is 1. The largest absolute Gasteiger partial charge is 0.347 e. The molecule has 0 spiro atoms. The Bertz CT molecular complexity index is 568. The van der Waals surface area contributed by atoms with Crippen LogP contribution in [0.4, 0.5) is 4.39 Å². The summed E-state index contributed by atoms with van der Waals surface area (Å²) in [6.45, 7) is 4.89. The second-order valence-electron chi connectivity index (χ2n) is 4.08. The fourth-order valence-electron chi connectivity index (χ4n) is 1.79. The van der Waals surface area contributed by atoms with Crippen LogP contribution in [0.1, 0.15) is 25.8 Å². The lowest BCUT2D eigenvalue weighted by Gasteiger charge is -2.14. The maximum absolute atomic E-state index is 13.2. The standard InChI is InChI=1S/C14H16BrFN2O2/c1-3-19-14(20-4-2)13-8-12(17-18-13)9-5-6-11(16)10(15)7-9/h5-8,14H,3-4H2,1-2H3,(H,17,18). The quantitative estimate of drug-likeness (QED) is 0.805. The van der Waals surface area contributed by atoms with E-state index in [0.717, 1.165) is 11.3 Å². The van der Waals surface area contributed by atoms with Crippen LogP contribution in [-0.4, -0.2) is 23.4 Å². The van der Waals surface area contributed by atoms with E-state index in [4.69, 9.17) is 9.47 Å². The van der Waals surface area contributed by atoms with E-state index in [9.17, 15) is 4.39 Å². The minimum absolute atomic E-state index is 0.300. The summed E-state index contributed by atoms with van der Waals surface area (Å²) in [5.74, 6) is -0.300. The minimum Gasteiger partial charge on any atom is -0.347 e. The van der Waals surface area contributed by atoms with Crippen molar-refractivity contribution in [2.45, 2.75) is 20.1 Å². The molecule has 0 saturated heterocycles. The molecule has 0 radical (unpaired) electrons. The van der Waals surface area contributed by atoms with Crippen molar-refractivity contribution < 1.29 is 13.9 Å². The van der Waals surface area contributed by atoms with Gasteiger partial charge in [-0.25, -0.2) is 4.39 Å². The van der Waals surface area contributed by atoms with Crippen LogP contribution in [0.25, 0.3) is 11.3 Å².